The fourth-order valence-corrected chi connectivity index (χ4v) is 3.39. The molecule has 5 nitrogen and oxygen atoms in total. The predicted octanol–water partition coefficient (Wildman–Crippen LogP) is 1.53. The van der Waals surface area contributed by atoms with Crippen molar-refractivity contribution < 1.29 is 8.42 Å². The second-order valence-electron chi connectivity index (χ2n) is 4.84. The maximum atomic E-state index is 12.4. The molecule has 6 heteroatoms. The zero-order valence-electron chi connectivity index (χ0n) is 12.0. The van der Waals surface area contributed by atoms with E-state index in [4.69, 9.17) is 0 Å². The summed E-state index contributed by atoms with van der Waals surface area (Å²) in [7, 11) is -3.50. The molecule has 1 aromatic rings. The Kier molecular flexibility index (Phi) is 5.31. The number of nitrogens with zero attached hydrogens (tertiary/aromatic N) is 2. The second kappa shape index (κ2) is 6.34. The standard InChI is InChI=1S/C13H22N2O3S/c1-5-15(6-2)19(17,18)12-7-8-13(16)14(10-12)9-11(3)4/h7-8,10-11H,5-6,9H2,1-4H3. The van der Waals surface area contributed by atoms with Gasteiger partial charge in [-0.3, -0.25) is 4.79 Å². The molecular formula is C13H22N2O3S. The zero-order chi connectivity index (χ0) is 14.6. The van der Waals surface area contributed by atoms with E-state index in [0.717, 1.165) is 0 Å². The van der Waals surface area contributed by atoms with Gasteiger partial charge in [-0.2, -0.15) is 4.31 Å². The molecule has 0 bridgehead atoms. The lowest BCUT2D eigenvalue weighted by Gasteiger charge is -2.19. The Balaban J connectivity index is 3.25. The van der Waals surface area contributed by atoms with Gasteiger partial charge in [0.05, 0.1) is 4.90 Å². The summed E-state index contributed by atoms with van der Waals surface area (Å²) < 4.78 is 27.5. The van der Waals surface area contributed by atoms with Crippen molar-refractivity contribution in [1.82, 2.24) is 8.87 Å². The molecule has 1 aromatic heterocycles. The topological polar surface area (TPSA) is 59.4 Å². The first-order valence-corrected chi connectivity index (χ1v) is 7.97. The molecule has 0 amide bonds. The molecule has 0 aromatic carbocycles. The van der Waals surface area contributed by atoms with Crippen molar-refractivity contribution in [3.63, 3.8) is 0 Å². The molecule has 1 heterocycles. The molecule has 0 aliphatic rings. The highest BCUT2D eigenvalue weighted by Gasteiger charge is 2.22. The monoisotopic (exact) mass is 286 g/mol. The lowest BCUT2D eigenvalue weighted by atomic mass is 10.2. The van der Waals surface area contributed by atoms with Crippen LogP contribution >= 0.6 is 0 Å². The maximum Gasteiger partial charge on any atom is 0.250 e. The molecule has 0 fully saturated rings. The Morgan fingerprint density at radius 3 is 2.26 bits per heavy atom. The molecule has 0 saturated carbocycles. The first-order valence-electron chi connectivity index (χ1n) is 6.53. The van der Waals surface area contributed by atoms with Crippen molar-refractivity contribution in [2.75, 3.05) is 13.1 Å². The minimum absolute atomic E-state index is 0.174. The van der Waals surface area contributed by atoms with Gasteiger partial charge < -0.3 is 4.57 Å². The van der Waals surface area contributed by atoms with E-state index in [2.05, 4.69) is 0 Å². The van der Waals surface area contributed by atoms with Crippen LogP contribution in [-0.2, 0) is 16.6 Å². The van der Waals surface area contributed by atoms with Crippen LogP contribution in [0.5, 0.6) is 0 Å². The van der Waals surface area contributed by atoms with E-state index in [9.17, 15) is 13.2 Å². The van der Waals surface area contributed by atoms with Gasteiger partial charge in [0, 0.05) is 31.9 Å². The fourth-order valence-electron chi connectivity index (χ4n) is 1.91. The third kappa shape index (κ3) is 3.67. The normalized spacial score (nSPS) is 12.3. The second-order valence-corrected chi connectivity index (χ2v) is 6.78. The SMILES string of the molecule is CCN(CC)S(=O)(=O)c1ccc(=O)n(CC(C)C)c1. The summed E-state index contributed by atoms with van der Waals surface area (Å²) in [5, 5.41) is 0. The molecule has 0 saturated heterocycles. The molecule has 19 heavy (non-hydrogen) atoms. The quantitative estimate of drug-likeness (QED) is 0.797. The number of pyridine rings is 1. The van der Waals surface area contributed by atoms with Gasteiger partial charge >= 0.3 is 0 Å². The van der Waals surface area contributed by atoms with Crippen molar-refractivity contribution in [1.29, 1.82) is 0 Å². The molecular weight excluding hydrogens is 264 g/mol. The highest BCUT2D eigenvalue weighted by Crippen LogP contribution is 2.14. The van der Waals surface area contributed by atoms with Crippen molar-refractivity contribution in [2.45, 2.75) is 39.1 Å². The molecule has 0 spiro atoms. The summed E-state index contributed by atoms with van der Waals surface area (Å²) in [6.45, 7) is 8.91. The van der Waals surface area contributed by atoms with E-state index in [1.54, 1.807) is 13.8 Å². The Morgan fingerprint density at radius 1 is 1.21 bits per heavy atom. The average molecular weight is 286 g/mol. The molecule has 0 atom stereocenters. The number of sulfonamides is 1. The average Bonchev–Trinajstić information content (AvgIpc) is 2.32. The third-order valence-corrected chi connectivity index (χ3v) is 4.89. The molecule has 0 unspecified atom stereocenters. The van der Waals surface area contributed by atoms with Crippen LogP contribution in [0, 0.1) is 5.92 Å². The Labute approximate surface area is 114 Å². The van der Waals surface area contributed by atoms with Crippen LogP contribution < -0.4 is 5.56 Å². The summed E-state index contributed by atoms with van der Waals surface area (Å²) in [5.41, 5.74) is -0.174. The predicted molar refractivity (Wildman–Crippen MR) is 75.6 cm³/mol. The Hall–Kier alpha value is -1.14. The highest BCUT2D eigenvalue weighted by atomic mass is 32.2. The summed E-state index contributed by atoms with van der Waals surface area (Å²) in [6, 6.07) is 2.70. The smallest absolute Gasteiger partial charge is 0.250 e. The molecule has 0 N–H and O–H groups in total. The van der Waals surface area contributed by atoms with E-state index in [-0.39, 0.29) is 16.4 Å². The van der Waals surface area contributed by atoms with Gasteiger partial charge in [-0.1, -0.05) is 27.7 Å². The molecule has 0 aliphatic heterocycles. The maximum absolute atomic E-state index is 12.4. The van der Waals surface area contributed by atoms with Gasteiger partial charge in [0.2, 0.25) is 10.0 Å². The van der Waals surface area contributed by atoms with Crippen molar-refractivity contribution >= 4 is 10.0 Å². The van der Waals surface area contributed by atoms with Crippen LogP contribution in [0.2, 0.25) is 0 Å². The van der Waals surface area contributed by atoms with Crippen LogP contribution in [0.4, 0.5) is 0 Å². The number of hydrogen-bond acceptors (Lipinski definition) is 3. The van der Waals surface area contributed by atoms with Crippen LogP contribution in [-0.4, -0.2) is 30.4 Å². The minimum atomic E-state index is -3.50. The van der Waals surface area contributed by atoms with Gasteiger partial charge in [0.15, 0.2) is 0 Å². The van der Waals surface area contributed by atoms with E-state index in [0.29, 0.717) is 19.6 Å². The molecule has 0 aliphatic carbocycles. The summed E-state index contributed by atoms with van der Waals surface area (Å²) >= 11 is 0. The number of rotatable bonds is 6. The Morgan fingerprint density at radius 2 is 1.79 bits per heavy atom. The van der Waals surface area contributed by atoms with Crippen molar-refractivity contribution in [3.05, 3.63) is 28.7 Å². The fraction of sp³-hybridized carbons (Fsp3) is 0.615. The number of aromatic nitrogens is 1. The number of hydrogen-bond donors (Lipinski definition) is 0. The lowest BCUT2D eigenvalue weighted by Crippen LogP contribution is -2.32. The van der Waals surface area contributed by atoms with E-state index in [1.165, 1.54) is 27.2 Å². The summed E-state index contributed by atoms with van der Waals surface area (Å²) in [5.74, 6) is 0.282. The Bertz CT molecular complexity index is 572. The van der Waals surface area contributed by atoms with Crippen LogP contribution in [0.1, 0.15) is 27.7 Å². The minimum Gasteiger partial charge on any atom is -0.314 e. The molecule has 1 rings (SSSR count). The van der Waals surface area contributed by atoms with Crippen LogP contribution in [0.3, 0.4) is 0 Å². The van der Waals surface area contributed by atoms with E-state index >= 15 is 0 Å². The van der Waals surface area contributed by atoms with Crippen LogP contribution in [0.15, 0.2) is 28.0 Å². The van der Waals surface area contributed by atoms with Crippen molar-refractivity contribution in [2.24, 2.45) is 5.92 Å². The summed E-state index contributed by atoms with van der Waals surface area (Å²) in [6.07, 6.45) is 1.44. The van der Waals surface area contributed by atoms with Gasteiger partial charge in [0.25, 0.3) is 5.56 Å². The largest absolute Gasteiger partial charge is 0.314 e. The van der Waals surface area contributed by atoms with Crippen molar-refractivity contribution in [3.8, 4) is 0 Å². The highest BCUT2D eigenvalue weighted by molar-refractivity contribution is 7.89. The van der Waals surface area contributed by atoms with Gasteiger partial charge in [-0.15, -0.1) is 0 Å². The van der Waals surface area contributed by atoms with Gasteiger partial charge in [-0.25, -0.2) is 8.42 Å². The zero-order valence-corrected chi connectivity index (χ0v) is 12.8. The van der Waals surface area contributed by atoms with E-state index < -0.39 is 10.0 Å². The molecule has 0 radical (unpaired) electrons. The first kappa shape index (κ1) is 15.9. The molecule has 108 valence electrons. The van der Waals surface area contributed by atoms with E-state index in [1.807, 2.05) is 13.8 Å². The first-order chi connectivity index (χ1) is 8.82. The summed E-state index contributed by atoms with van der Waals surface area (Å²) in [4.78, 5) is 11.9. The third-order valence-electron chi connectivity index (χ3n) is 2.86. The van der Waals surface area contributed by atoms with Crippen LogP contribution in [0.25, 0.3) is 0 Å². The lowest BCUT2D eigenvalue weighted by molar-refractivity contribution is 0.442. The van der Waals surface area contributed by atoms with Gasteiger partial charge in [-0.05, 0) is 12.0 Å². The van der Waals surface area contributed by atoms with Gasteiger partial charge in [0.1, 0.15) is 0 Å².